The van der Waals surface area contributed by atoms with Gasteiger partial charge in [-0.3, -0.25) is 14.3 Å². The number of hydrogen-bond donors (Lipinski definition) is 1. The Kier molecular flexibility index (Phi) is 9.21. The van der Waals surface area contributed by atoms with Crippen molar-refractivity contribution in [2.24, 2.45) is 28.2 Å². The zero-order chi connectivity index (χ0) is 36.0. The van der Waals surface area contributed by atoms with Crippen molar-refractivity contribution < 1.29 is 9.13 Å². The number of aryl methyl sites for hydroxylation is 1. The molecular weight excluding hydrogens is 643 g/mol. The van der Waals surface area contributed by atoms with E-state index in [9.17, 15) is 14.4 Å². The minimum Gasteiger partial charge on any atom is -0.497 e. The van der Waals surface area contributed by atoms with Gasteiger partial charge in [0.15, 0.2) is 12.2 Å². The topological polar surface area (TPSA) is 112 Å². The SMILES string of the molecule is COc1ccc(CCn2c(-c3cccnc3)nc3cc(NC(=NC4C[C@@H]5C[C@H]([C@@H]4C)C5(C)C)N4C[C@@H](C)N(C#N)[C@@H](C)C4)ccc3c2=O)c(F)c1. The van der Waals surface area contributed by atoms with Gasteiger partial charge in [0.2, 0.25) is 0 Å². The number of aliphatic imine (C=N–C) groups is 1. The first-order valence-corrected chi connectivity index (χ1v) is 18.0. The third-order valence-corrected chi connectivity index (χ3v) is 11.9. The van der Waals surface area contributed by atoms with Crippen molar-refractivity contribution in [3.63, 3.8) is 0 Å². The molecule has 4 aliphatic rings. The minimum absolute atomic E-state index is 0.0343. The summed E-state index contributed by atoms with van der Waals surface area (Å²) in [6.45, 7) is 12.9. The smallest absolute Gasteiger partial charge is 0.261 e. The average molecular weight is 691 g/mol. The van der Waals surface area contributed by atoms with Crippen LogP contribution in [0.3, 0.4) is 0 Å². The number of ether oxygens (including phenoxy) is 1. The van der Waals surface area contributed by atoms with Crippen LogP contribution in [0.5, 0.6) is 5.75 Å². The molecule has 3 aliphatic carbocycles. The second kappa shape index (κ2) is 13.6. The van der Waals surface area contributed by atoms with Crippen LogP contribution in [0.2, 0.25) is 0 Å². The van der Waals surface area contributed by atoms with Gasteiger partial charge < -0.3 is 19.9 Å². The molecule has 4 aromatic rings. The van der Waals surface area contributed by atoms with E-state index in [2.05, 4.69) is 56.0 Å². The van der Waals surface area contributed by atoms with Gasteiger partial charge >= 0.3 is 0 Å². The zero-order valence-corrected chi connectivity index (χ0v) is 30.3. The normalized spacial score (nSPS) is 25.6. The first kappa shape index (κ1) is 34.5. The van der Waals surface area contributed by atoms with Gasteiger partial charge in [0.05, 0.1) is 36.1 Å². The van der Waals surface area contributed by atoms with Crippen molar-refractivity contribution in [2.45, 2.75) is 78.6 Å². The van der Waals surface area contributed by atoms with E-state index in [1.807, 2.05) is 35.2 Å². The number of pyridine rings is 1. The van der Waals surface area contributed by atoms with Gasteiger partial charge in [-0.15, -0.1) is 0 Å². The maximum absolute atomic E-state index is 14.9. The molecule has 0 spiro atoms. The van der Waals surface area contributed by atoms with Crippen LogP contribution in [0.15, 0.2) is 70.7 Å². The van der Waals surface area contributed by atoms with Crippen molar-refractivity contribution in [3.8, 4) is 23.3 Å². The Morgan fingerprint density at radius 3 is 2.55 bits per heavy atom. The minimum atomic E-state index is -0.381. The molecule has 2 aromatic heterocycles. The lowest BCUT2D eigenvalue weighted by Gasteiger charge is -2.61. The van der Waals surface area contributed by atoms with Crippen molar-refractivity contribution >= 4 is 22.5 Å². The summed E-state index contributed by atoms with van der Waals surface area (Å²) in [4.78, 5) is 33.0. The number of piperazine rings is 1. The lowest BCUT2D eigenvalue weighted by molar-refractivity contribution is -0.108. The number of anilines is 1. The van der Waals surface area contributed by atoms with Crippen LogP contribution in [0.4, 0.5) is 10.1 Å². The number of nitrogens with zero attached hydrogens (tertiary/aromatic N) is 7. The van der Waals surface area contributed by atoms with Gasteiger partial charge in [0, 0.05) is 49.3 Å². The molecular formula is C40H47FN8O2. The molecule has 3 heterocycles. The van der Waals surface area contributed by atoms with Gasteiger partial charge in [0.25, 0.3) is 5.56 Å². The van der Waals surface area contributed by atoms with Gasteiger partial charge in [-0.1, -0.05) is 26.8 Å². The fraction of sp³-hybridized carbons (Fsp3) is 0.475. The lowest BCUT2D eigenvalue weighted by Crippen LogP contribution is -2.59. The highest BCUT2D eigenvalue weighted by atomic mass is 19.1. The third-order valence-electron chi connectivity index (χ3n) is 11.9. The number of hydrogen-bond acceptors (Lipinski definition) is 7. The molecule has 6 atom stereocenters. The van der Waals surface area contributed by atoms with Crippen molar-refractivity contribution in [1.82, 2.24) is 24.3 Å². The quantitative estimate of drug-likeness (QED) is 0.132. The average Bonchev–Trinajstić information content (AvgIpc) is 3.12. The second-order valence-electron chi connectivity index (χ2n) is 15.3. The summed E-state index contributed by atoms with van der Waals surface area (Å²) >= 11 is 0. The van der Waals surface area contributed by atoms with E-state index in [-0.39, 0.29) is 36.0 Å². The van der Waals surface area contributed by atoms with Crippen LogP contribution in [0, 0.1) is 40.4 Å². The first-order valence-electron chi connectivity index (χ1n) is 18.0. The Balaban J connectivity index is 1.24. The summed E-state index contributed by atoms with van der Waals surface area (Å²) in [5.74, 6) is 3.10. The Morgan fingerprint density at radius 2 is 1.90 bits per heavy atom. The predicted octanol–water partition coefficient (Wildman–Crippen LogP) is 6.56. The molecule has 0 radical (unpaired) electrons. The monoisotopic (exact) mass is 690 g/mol. The summed E-state index contributed by atoms with van der Waals surface area (Å²) in [7, 11) is 1.50. The molecule has 51 heavy (non-hydrogen) atoms. The summed E-state index contributed by atoms with van der Waals surface area (Å²) in [5.41, 5.74) is 2.64. The van der Waals surface area contributed by atoms with Gasteiger partial charge in [-0.25, -0.2) is 14.4 Å². The Hall–Kier alpha value is -4.98. The highest BCUT2D eigenvalue weighted by Gasteiger charge is 2.56. The van der Waals surface area contributed by atoms with E-state index < -0.39 is 0 Å². The lowest BCUT2D eigenvalue weighted by atomic mass is 9.45. The highest BCUT2D eigenvalue weighted by Crippen LogP contribution is 2.61. The van der Waals surface area contributed by atoms with E-state index >= 15 is 0 Å². The largest absolute Gasteiger partial charge is 0.497 e. The number of methoxy groups -OCH3 is 1. The summed E-state index contributed by atoms with van der Waals surface area (Å²) < 4.78 is 21.6. The molecule has 11 heteroatoms. The third kappa shape index (κ3) is 6.41. The molecule has 1 N–H and O–H groups in total. The number of benzene rings is 2. The first-order chi connectivity index (χ1) is 24.5. The molecule has 1 saturated heterocycles. The maximum atomic E-state index is 14.9. The number of guanidine groups is 1. The molecule has 10 nitrogen and oxygen atoms in total. The Bertz CT molecular complexity index is 2050. The summed E-state index contributed by atoms with van der Waals surface area (Å²) in [6, 6.07) is 14.3. The van der Waals surface area contributed by atoms with Crippen LogP contribution in [0.25, 0.3) is 22.3 Å². The molecule has 2 aromatic carbocycles. The van der Waals surface area contributed by atoms with E-state index in [0.29, 0.717) is 76.3 Å². The van der Waals surface area contributed by atoms with E-state index in [1.54, 1.807) is 29.1 Å². The fourth-order valence-electron chi connectivity index (χ4n) is 8.78. The molecule has 1 unspecified atom stereocenters. The zero-order valence-electron chi connectivity index (χ0n) is 30.3. The van der Waals surface area contributed by atoms with E-state index in [0.717, 1.165) is 18.1 Å². The predicted molar refractivity (Wildman–Crippen MR) is 198 cm³/mol. The number of aromatic nitrogens is 3. The van der Waals surface area contributed by atoms with E-state index in [4.69, 9.17) is 14.7 Å². The van der Waals surface area contributed by atoms with Crippen LogP contribution in [-0.4, -0.2) is 68.6 Å². The molecule has 0 amide bonds. The number of nitriles is 1. The van der Waals surface area contributed by atoms with Gasteiger partial charge in [0.1, 0.15) is 17.4 Å². The van der Waals surface area contributed by atoms with Gasteiger partial charge in [-0.2, -0.15) is 5.26 Å². The summed E-state index contributed by atoms with van der Waals surface area (Å²) in [6.07, 6.45) is 8.37. The number of halogens is 1. The standard InChI is InChI=1S/C40H47FN8O2/c1-24-21-47(22-25(2)49(24)23-42)39(46-35-17-29-16-33(26(35)3)40(29,4)5)44-30-10-12-32-36(18-30)45-37(28-8-7-14-43-20-28)48(38(32)50)15-13-27-9-11-31(51-6)19-34(27)41/h7-12,14,18-20,24-26,29,33,35H,13,15-17,21-22H2,1-6H3,(H,44,46)/t24-,25+,26-,29-,33+,35?/m0/s1. The van der Waals surface area contributed by atoms with Crippen LogP contribution >= 0.6 is 0 Å². The number of fused-ring (bicyclic) bond motifs is 3. The Labute approximate surface area is 299 Å². The molecule has 2 bridgehead atoms. The van der Waals surface area contributed by atoms with Gasteiger partial charge in [-0.05, 0) is 98.2 Å². The van der Waals surface area contributed by atoms with Crippen molar-refractivity contribution in [3.05, 3.63) is 82.7 Å². The molecule has 1 aliphatic heterocycles. The van der Waals surface area contributed by atoms with Crippen molar-refractivity contribution in [2.75, 3.05) is 25.5 Å². The van der Waals surface area contributed by atoms with Crippen LogP contribution in [0.1, 0.15) is 53.0 Å². The van der Waals surface area contributed by atoms with Crippen LogP contribution < -0.4 is 15.6 Å². The molecule has 3 saturated carbocycles. The molecule has 8 rings (SSSR count). The number of nitrogens with one attached hydrogen (secondary N) is 1. The molecule has 266 valence electrons. The number of rotatable bonds is 7. The maximum Gasteiger partial charge on any atom is 0.261 e. The van der Waals surface area contributed by atoms with E-state index in [1.165, 1.54) is 19.6 Å². The molecule has 4 fully saturated rings. The highest BCUT2D eigenvalue weighted by molar-refractivity contribution is 5.96. The fourth-order valence-corrected chi connectivity index (χ4v) is 8.78. The van der Waals surface area contributed by atoms with Crippen LogP contribution in [-0.2, 0) is 13.0 Å². The Morgan fingerprint density at radius 1 is 1.12 bits per heavy atom. The second-order valence-corrected chi connectivity index (χ2v) is 15.3. The summed E-state index contributed by atoms with van der Waals surface area (Å²) in [5, 5.41) is 13.9. The van der Waals surface area contributed by atoms with Crippen molar-refractivity contribution in [1.29, 1.82) is 5.26 Å².